The fourth-order valence-corrected chi connectivity index (χ4v) is 2.16. The number of pyridine rings is 1. The number of amides is 1. The van der Waals surface area contributed by atoms with Gasteiger partial charge in [0.1, 0.15) is 11.6 Å². The Morgan fingerprint density at radius 3 is 2.67 bits per heavy atom. The van der Waals surface area contributed by atoms with E-state index in [1.165, 1.54) is 6.08 Å². The average molecular weight is 347 g/mol. The molecule has 0 fully saturated rings. The van der Waals surface area contributed by atoms with Crippen molar-refractivity contribution in [1.82, 2.24) is 4.98 Å². The highest BCUT2D eigenvalue weighted by Crippen LogP contribution is 2.17. The van der Waals surface area contributed by atoms with Crippen molar-refractivity contribution in [1.29, 1.82) is 0 Å². The normalized spacial score (nSPS) is 10.6. The summed E-state index contributed by atoms with van der Waals surface area (Å²) in [5.74, 6) is 1.12. The first-order valence-electron chi connectivity index (χ1n) is 6.34. The van der Waals surface area contributed by atoms with E-state index in [2.05, 4.69) is 26.2 Å². The molecule has 21 heavy (non-hydrogen) atoms. The number of hydrogen-bond donors (Lipinski definition) is 1. The van der Waals surface area contributed by atoms with Crippen molar-refractivity contribution >= 4 is 33.7 Å². The summed E-state index contributed by atoms with van der Waals surface area (Å²) in [6.45, 7) is 1.89. The Hall–Kier alpha value is -2.14. The molecule has 0 saturated heterocycles. The van der Waals surface area contributed by atoms with E-state index in [9.17, 15) is 4.79 Å². The van der Waals surface area contributed by atoms with Gasteiger partial charge in [-0.15, -0.1) is 0 Å². The van der Waals surface area contributed by atoms with Crippen LogP contribution in [0.2, 0.25) is 0 Å². The predicted molar refractivity (Wildman–Crippen MR) is 87.3 cm³/mol. The minimum atomic E-state index is -0.219. The standard InChI is InChI=1S/C16H15BrN2O2/c1-11-9-13(17)10-18-16(11)19-15(20)8-5-12-3-6-14(21-2)7-4-12/h3-10H,1-2H3,(H,18,19,20)/b8-5+. The van der Waals surface area contributed by atoms with Gasteiger partial charge in [0, 0.05) is 16.7 Å². The van der Waals surface area contributed by atoms with E-state index in [0.717, 1.165) is 21.3 Å². The Balaban J connectivity index is 2.01. The molecule has 2 aromatic rings. The van der Waals surface area contributed by atoms with Gasteiger partial charge in [0.05, 0.1) is 7.11 Å². The van der Waals surface area contributed by atoms with Crippen molar-refractivity contribution in [2.75, 3.05) is 12.4 Å². The van der Waals surface area contributed by atoms with Crippen LogP contribution in [0.15, 0.2) is 47.1 Å². The number of anilines is 1. The molecular formula is C16H15BrN2O2. The minimum Gasteiger partial charge on any atom is -0.497 e. The van der Waals surface area contributed by atoms with Crippen LogP contribution in [0.5, 0.6) is 5.75 Å². The highest BCUT2D eigenvalue weighted by molar-refractivity contribution is 9.10. The van der Waals surface area contributed by atoms with Gasteiger partial charge in [-0.05, 0) is 58.3 Å². The van der Waals surface area contributed by atoms with Crippen molar-refractivity contribution in [3.05, 3.63) is 58.2 Å². The molecule has 1 aromatic carbocycles. The van der Waals surface area contributed by atoms with E-state index >= 15 is 0 Å². The number of aromatic nitrogens is 1. The van der Waals surface area contributed by atoms with Crippen LogP contribution < -0.4 is 10.1 Å². The Labute approximate surface area is 132 Å². The molecule has 0 aliphatic rings. The number of hydrogen-bond acceptors (Lipinski definition) is 3. The smallest absolute Gasteiger partial charge is 0.249 e. The molecule has 4 nitrogen and oxygen atoms in total. The molecule has 1 aromatic heterocycles. The molecule has 1 N–H and O–H groups in total. The number of halogens is 1. The van der Waals surface area contributed by atoms with Gasteiger partial charge >= 0.3 is 0 Å². The average Bonchev–Trinajstić information content (AvgIpc) is 2.48. The van der Waals surface area contributed by atoms with Crippen molar-refractivity contribution in [2.45, 2.75) is 6.92 Å². The second-order valence-corrected chi connectivity index (χ2v) is 5.33. The Morgan fingerprint density at radius 2 is 2.05 bits per heavy atom. The molecule has 0 aliphatic heterocycles. The molecule has 5 heteroatoms. The van der Waals surface area contributed by atoms with Gasteiger partial charge in [0.15, 0.2) is 0 Å². The van der Waals surface area contributed by atoms with Gasteiger partial charge in [-0.25, -0.2) is 4.98 Å². The van der Waals surface area contributed by atoms with Gasteiger partial charge in [-0.1, -0.05) is 12.1 Å². The highest BCUT2D eigenvalue weighted by atomic mass is 79.9. The van der Waals surface area contributed by atoms with E-state index in [4.69, 9.17) is 4.74 Å². The molecule has 108 valence electrons. The van der Waals surface area contributed by atoms with Crippen molar-refractivity contribution in [3.63, 3.8) is 0 Å². The lowest BCUT2D eigenvalue weighted by Gasteiger charge is -2.05. The summed E-state index contributed by atoms with van der Waals surface area (Å²) in [4.78, 5) is 16.0. The molecule has 0 spiro atoms. The largest absolute Gasteiger partial charge is 0.497 e. The summed E-state index contributed by atoms with van der Waals surface area (Å²) in [5, 5.41) is 2.75. The number of carbonyl (C=O) groups is 1. The minimum absolute atomic E-state index is 0.219. The maximum atomic E-state index is 11.9. The van der Waals surface area contributed by atoms with E-state index in [-0.39, 0.29) is 5.91 Å². The zero-order chi connectivity index (χ0) is 15.2. The number of carbonyl (C=O) groups excluding carboxylic acids is 1. The summed E-state index contributed by atoms with van der Waals surface area (Å²) >= 11 is 3.34. The van der Waals surface area contributed by atoms with Crippen LogP contribution in [0, 0.1) is 6.92 Å². The fourth-order valence-electron chi connectivity index (χ4n) is 1.72. The fraction of sp³-hybridized carbons (Fsp3) is 0.125. The topological polar surface area (TPSA) is 51.2 Å². The third-order valence-electron chi connectivity index (χ3n) is 2.83. The van der Waals surface area contributed by atoms with Crippen molar-refractivity contribution < 1.29 is 9.53 Å². The molecule has 0 radical (unpaired) electrons. The molecule has 2 rings (SSSR count). The number of methoxy groups -OCH3 is 1. The Morgan fingerprint density at radius 1 is 1.33 bits per heavy atom. The molecule has 0 atom stereocenters. The Kier molecular flexibility index (Phi) is 5.11. The molecule has 0 saturated carbocycles. The molecule has 0 unspecified atom stereocenters. The van der Waals surface area contributed by atoms with Crippen molar-refractivity contribution in [3.8, 4) is 5.75 Å². The second kappa shape index (κ2) is 7.04. The van der Waals surface area contributed by atoms with Crippen molar-refractivity contribution in [2.24, 2.45) is 0 Å². The summed E-state index contributed by atoms with van der Waals surface area (Å²) in [5.41, 5.74) is 1.82. The predicted octanol–water partition coefficient (Wildman–Crippen LogP) is 3.81. The van der Waals surface area contributed by atoms with E-state index in [1.54, 1.807) is 19.4 Å². The van der Waals surface area contributed by atoms with E-state index in [1.807, 2.05) is 37.3 Å². The number of aryl methyl sites for hydroxylation is 1. The maximum Gasteiger partial charge on any atom is 0.249 e. The monoisotopic (exact) mass is 346 g/mol. The van der Waals surface area contributed by atoms with Crippen LogP contribution in [0.3, 0.4) is 0 Å². The van der Waals surface area contributed by atoms with Crippen LogP contribution in [-0.2, 0) is 4.79 Å². The van der Waals surface area contributed by atoms with E-state index in [0.29, 0.717) is 5.82 Å². The lowest BCUT2D eigenvalue weighted by Crippen LogP contribution is -2.10. The zero-order valence-electron chi connectivity index (χ0n) is 11.8. The number of nitrogens with one attached hydrogen (secondary N) is 1. The first kappa shape index (κ1) is 15.3. The number of nitrogens with zero attached hydrogens (tertiary/aromatic N) is 1. The summed E-state index contributed by atoms with van der Waals surface area (Å²) in [7, 11) is 1.62. The highest BCUT2D eigenvalue weighted by Gasteiger charge is 2.03. The van der Waals surface area contributed by atoms with Crippen LogP contribution >= 0.6 is 15.9 Å². The van der Waals surface area contributed by atoms with Gasteiger partial charge in [-0.2, -0.15) is 0 Å². The number of ether oxygens (including phenoxy) is 1. The number of rotatable bonds is 4. The first-order chi connectivity index (χ1) is 10.1. The second-order valence-electron chi connectivity index (χ2n) is 4.41. The molecular weight excluding hydrogens is 332 g/mol. The van der Waals surface area contributed by atoms with Gasteiger partial charge in [-0.3, -0.25) is 4.79 Å². The SMILES string of the molecule is COc1ccc(/C=C/C(=O)Nc2ncc(Br)cc2C)cc1. The molecule has 0 aliphatic carbocycles. The first-order valence-corrected chi connectivity index (χ1v) is 7.13. The van der Waals surface area contributed by atoms with Crippen LogP contribution in [0.25, 0.3) is 6.08 Å². The maximum absolute atomic E-state index is 11.9. The van der Waals surface area contributed by atoms with Crippen LogP contribution in [0.4, 0.5) is 5.82 Å². The summed E-state index contributed by atoms with van der Waals surface area (Å²) < 4.78 is 5.96. The number of benzene rings is 1. The summed E-state index contributed by atoms with van der Waals surface area (Å²) in [6.07, 6.45) is 4.86. The van der Waals surface area contributed by atoms with Gasteiger partial charge in [0.2, 0.25) is 5.91 Å². The lowest BCUT2D eigenvalue weighted by atomic mass is 10.2. The summed E-state index contributed by atoms with van der Waals surface area (Å²) in [6, 6.07) is 9.35. The van der Waals surface area contributed by atoms with Gasteiger partial charge in [0.25, 0.3) is 0 Å². The lowest BCUT2D eigenvalue weighted by molar-refractivity contribution is -0.111. The van der Waals surface area contributed by atoms with Crippen LogP contribution in [-0.4, -0.2) is 18.0 Å². The quantitative estimate of drug-likeness (QED) is 0.856. The molecule has 0 bridgehead atoms. The third kappa shape index (κ3) is 4.43. The van der Waals surface area contributed by atoms with Gasteiger partial charge < -0.3 is 10.1 Å². The zero-order valence-corrected chi connectivity index (χ0v) is 13.3. The van der Waals surface area contributed by atoms with Crippen LogP contribution in [0.1, 0.15) is 11.1 Å². The van der Waals surface area contributed by atoms with E-state index < -0.39 is 0 Å². The third-order valence-corrected chi connectivity index (χ3v) is 3.26. The Bertz CT molecular complexity index is 666. The molecule has 1 amide bonds. The molecule has 1 heterocycles.